The molecule has 0 aliphatic heterocycles. The van der Waals surface area contributed by atoms with Crippen LogP contribution in [0.3, 0.4) is 0 Å². The van der Waals surface area contributed by atoms with E-state index in [1.165, 1.54) is 24.4 Å². The molecular formula is C13H9Cl2N3O3. The third kappa shape index (κ3) is 3.29. The van der Waals surface area contributed by atoms with Gasteiger partial charge in [0.2, 0.25) is 0 Å². The number of aromatic carboxylic acids is 1. The topological polar surface area (TPSA) is 92.2 Å². The number of carbonyl (C=O) groups is 2. The van der Waals surface area contributed by atoms with Gasteiger partial charge in [-0.1, -0.05) is 23.2 Å². The maximum atomic E-state index is 12.2. The first-order valence-corrected chi connectivity index (χ1v) is 6.48. The van der Waals surface area contributed by atoms with Gasteiger partial charge in [-0.2, -0.15) is 0 Å². The standard InChI is InChI=1S/C13H9Cl2N3O3/c1-6-5-8(14)17-11(15)9(6)18-12(19)10-7(13(20)21)3-2-4-16-10/h2-5H,1H3,(H,18,19)(H,20,21). The van der Waals surface area contributed by atoms with Crippen molar-refractivity contribution in [3.63, 3.8) is 0 Å². The van der Waals surface area contributed by atoms with Crippen LogP contribution in [-0.2, 0) is 0 Å². The van der Waals surface area contributed by atoms with E-state index in [-0.39, 0.29) is 27.3 Å². The molecule has 1 amide bonds. The van der Waals surface area contributed by atoms with Crippen LogP contribution in [-0.4, -0.2) is 27.0 Å². The number of carboxylic acid groups (broad SMARTS) is 1. The van der Waals surface area contributed by atoms with Gasteiger partial charge in [-0.25, -0.2) is 9.78 Å². The normalized spacial score (nSPS) is 10.2. The summed E-state index contributed by atoms with van der Waals surface area (Å²) in [5.74, 6) is -1.94. The van der Waals surface area contributed by atoms with Crippen LogP contribution in [0, 0.1) is 6.92 Å². The zero-order valence-corrected chi connectivity index (χ0v) is 12.2. The molecule has 2 rings (SSSR count). The average molecular weight is 326 g/mol. The van der Waals surface area contributed by atoms with E-state index in [1.807, 2.05) is 0 Å². The average Bonchev–Trinajstić information content (AvgIpc) is 2.42. The maximum Gasteiger partial charge on any atom is 0.338 e. The predicted octanol–water partition coefficient (Wildman–Crippen LogP) is 3.04. The van der Waals surface area contributed by atoms with E-state index in [0.29, 0.717) is 5.56 Å². The second kappa shape index (κ2) is 6.07. The summed E-state index contributed by atoms with van der Waals surface area (Å²) in [6.07, 6.45) is 1.33. The Morgan fingerprint density at radius 2 is 2.05 bits per heavy atom. The first-order valence-electron chi connectivity index (χ1n) is 5.72. The van der Waals surface area contributed by atoms with E-state index in [4.69, 9.17) is 28.3 Å². The van der Waals surface area contributed by atoms with E-state index < -0.39 is 11.9 Å². The number of rotatable bonds is 3. The van der Waals surface area contributed by atoms with Gasteiger partial charge in [-0.3, -0.25) is 9.78 Å². The smallest absolute Gasteiger partial charge is 0.338 e. The highest BCUT2D eigenvalue weighted by Crippen LogP contribution is 2.27. The number of carbonyl (C=O) groups excluding carboxylic acids is 1. The minimum absolute atomic E-state index is 0.0150. The van der Waals surface area contributed by atoms with Gasteiger partial charge in [0.15, 0.2) is 5.15 Å². The van der Waals surface area contributed by atoms with Crippen molar-refractivity contribution in [1.82, 2.24) is 9.97 Å². The summed E-state index contributed by atoms with van der Waals surface area (Å²) < 4.78 is 0. The summed E-state index contributed by atoms with van der Waals surface area (Å²) >= 11 is 11.7. The number of halogens is 2. The number of anilines is 1. The number of nitrogens with one attached hydrogen (secondary N) is 1. The molecular weight excluding hydrogens is 317 g/mol. The summed E-state index contributed by atoms with van der Waals surface area (Å²) in [6, 6.07) is 4.25. The fourth-order valence-electron chi connectivity index (χ4n) is 1.68. The number of pyridine rings is 2. The van der Waals surface area contributed by atoms with Crippen LogP contribution in [0.4, 0.5) is 5.69 Å². The Kier molecular flexibility index (Phi) is 4.40. The van der Waals surface area contributed by atoms with Gasteiger partial charge in [-0.05, 0) is 30.7 Å². The lowest BCUT2D eigenvalue weighted by atomic mass is 10.1. The number of hydrogen-bond donors (Lipinski definition) is 2. The van der Waals surface area contributed by atoms with Gasteiger partial charge in [0.25, 0.3) is 5.91 Å². The number of hydrogen-bond acceptors (Lipinski definition) is 4. The van der Waals surface area contributed by atoms with Crippen LogP contribution < -0.4 is 5.32 Å². The van der Waals surface area contributed by atoms with Crippen LogP contribution in [0.5, 0.6) is 0 Å². The Morgan fingerprint density at radius 1 is 1.33 bits per heavy atom. The highest BCUT2D eigenvalue weighted by atomic mass is 35.5. The SMILES string of the molecule is Cc1cc(Cl)nc(Cl)c1NC(=O)c1ncccc1C(=O)O. The van der Waals surface area contributed by atoms with Crippen LogP contribution in [0.25, 0.3) is 0 Å². The Balaban J connectivity index is 2.38. The quantitative estimate of drug-likeness (QED) is 0.846. The molecule has 0 spiro atoms. The monoisotopic (exact) mass is 325 g/mol. The van der Waals surface area contributed by atoms with E-state index >= 15 is 0 Å². The Morgan fingerprint density at radius 3 is 2.67 bits per heavy atom. The molecule has 2 N–H and O–H groups in total. The van der Waals surface area contributed by atoms with Crippen LogP contribution in [0.2, 0.25) is 10.3 Å². The lowest BCUT2D eigenvalue weighted by Crippen LogP contribution is -2.19. The molecule has 6 nitrogen and oxygen atoms in total. The second-order valence-corrected chi connectivity index (χ2v) is 4.83. The van der Waals surface area contributed by atoms with Gasteiger partial charge >= 0.3 is 5.97 Å². The van der Waals surface area contributed by atoms with E-state index in [9.17, 15) is 9.59 Å². The summed E-state index contributed by atoms with van der Waals surface area (Å²) in [6.45, 7) is 1.69. The maximum absolute atomic E-state index is 12.2. The molecule has 108 valence electrons. The van der Waals surface area contributed by atoms with Crippen molar-refractivity contribution in [3.8, 4) is 0 Å². The van der Waals surface area contributed by atoms with Crippen molar-refractivity contribution < 1.29 is 14.7 Å². The summed E-state index contributed by atoms with van der Waals surface area (Å²) in [5.41, 5.74) is 0.440. The van der Waals surface area contributed by atoms with Crippen molar-refractivity contribution in [2.45, 2.75) is 6.92 Å². The van der Waals surface area contributed by atoms with Crippen molar-refractivity contribution in [2.24, 2.45) is 0 Å². The highest BCUT2D eigenvalue weighted by Gasteiger charge is 2.19. The fraction of sp³-hybridized carbons (Fsp3) is 0.0769. The van der Waals surface area contributed by atoms with Gasteiger partial charge in [0.05, 0.1) is 11.3 Å². The van der Waals surface area contributed by atoms with Crippen molar-refractivity contribution in [2.75, 3.05) is 5.32 Å². The molecule has 2 aromatic heterocycles. The molecule has 0 aromatic carbocycles. The summed E-state index contributed by atoms with van der Waals surface area (Å²) in [5, 5.41) is 11.8. The Labute approximate surface area is 129 Å². The highest BCUT2D eigenvalue weighted by molar-refractivity contribution is 6.35. The summed E-state index contributed by atoms with van der Waals surface area (Å²) in [7, 11) is 0. The molecule has 0 saturated heterocycles. The third-order valence-electron chi connectivity index (χ3n) is 2.63. The number of nitrogens with zero attached hydrogens (tertiary/aromatic N) is 2. The molecule has 0 unspecified atom stereocenters. The molecule has 0 aliphatic carbocycles. The molecule has 2 aromatic rings. The predicted molar refractivity (Wildman–Crippen MR) is 78.1 cm³/mol. The van der Waals surface area contributed by atoms with Crippen LogP contribution in [0.15, 0.2) is 24.4 Å². The zero-order chi connectivity index (χ0) is 15.6. The van der Waals surface area contributed by atoms with Crippen molar-refractivity contribution >= 4 is 40.8 Å². The number of aryl methyl sites for hydroxylation is 1. The van der Waals surface area contributed by atoms with E-state index in [0.717, 1.165) is 0 Å². The minimum atomic E-state index is -1.25. The van der Waals surface area contributed by atoms with Crippen LogP contribution in [0.1, 0.15) is 26.4 Å². The van der Waals surface area contributed by atoms with Gasteiger partial charge in [-0.15, -0.1) is 0 Å². The first-order chi connectivity index (χ1) is 9.90. The van der Waals surface area contributed by atoms with Crippen molar-refractivity contribution in [3.05, 3.63) is 51.5 Å². The third-order valence-corrected chi connectivity index (χ3v) is 3.10. The summed E-state index contributed by atoms with van der Waals surface area (Å²) in [4.78, 5) is 30.9. The van der Waals surface area contributed by atoms with Crippen molar-refractivity contribution in [1.29, 1.82) is 0 Å². The second-order valence-electron chi connectivity index (χ2n) is 4.09. The van der Waals surface area contributed by atoms with Gasteiger partial charge in [0.1, 0.15) is 10.8 Å². The molecule has 0 aliphatic rings. The molecule has 8 heteroatoms. The zero-order valence-electron chi connectivity index (χ0n) is 10.7. The molecule has 0 saturated carbocycles. The molecule has 0 bridgehead atoms. The molecule has 2 heterocycles. The lowest BCUT2D eigenvalue weighted by Gasteiger charge is -2.10. The lowest BCUT2D eigenvalue weighted by molar-refractivity contribution is 0.0691. The molecule has 0 radical (unpaired) electrons. The first kappa shape index (κ1) is 15.2. The fourth-order valence-corrected chi connectivity index (χ4v) is 2.26. The molecule has 0 fully saturated rings. The molecule has 0 atom stereocenters. The van der Waals surface area contributed by atoms with Crippen LogP contribution >= 0.6 is 23.2 Å². The number of amides is 1. The minimum Gasteiger partial charge on any atom is -0.478 e. The number of carboxylic acids is 1. The Bertz CT molecular complexity index is 711. The Hall–Kier alpha value is -2.18. The van der Waals surface area contributed by atoms with Gasteiger partial charge in [0, 0.05) is 6.20 Å². The van der Waals surface area contributed by atoms with E-state index in [1.54, 1.807) is 6.92 Å². The molecule has 21 heavy (non-hydrogen) atoms. The largest absolute Gasteiger partial charge is 0.478 e. The van der Waals surface area contributed by atoms with Gasteiger partial charge < -0.3 is 10.4 Å². The van der Waals surface area contributed by atoms with E-state index in [2.05, 4.69) is 15.3 Å². The number of aromatic nitrogens is 2.